The maximum Gasteiger partial charge on any atom is 0.410 e. The predicted octanol–water partition coefficient (Wildman–Crippen LogP) is 4.87. The Morgan fingerprint density at radius 3 is 2.60 bits per heavy atom. The number of anilines is 2. The summed E-state index contributed by atoms with van der Waals surface area (Å²) in [4.78, 5) is 25.5. The fourth-order valence-electron chi connectivity index (χ4n) is 5.68. The van der Waals surface area contributed by atoms with Crippen LogP contribution in [-0.2, 0) is 4.79 Å². The van der Waals surface area contributed by atoms with Crippen LogP contribution in [0.15, 0.2) is 60.8 Å². The zero-order chi connectivity index (χ0) is 28.0. The lowest BCUT2D eigenvalue weighted by molar-refractivity contribution is -0.189. The van der Waals surface area contributed by atoms with E-state index in [-0.39, 0.29) is 24.9 Å². The van der Waals surface area contributed by atoms with Gasteiger partial charge in [-0.15, -0.1) is 5.10 Å². The van der Waals surface area contributed by atoms with Crippen molar-refractivity contribution in [2.75, 3.05) is 36.0 Å². The number of pyridine rings is 1. The van der Waals surface area contributed by atoms with E-state index in [4.69, 9.17) is 5.10 Å². The number of alkyl halides is 3. The van der Waals surface area contributed by atoms with Crippen LogP contribution in [0.1, 0.15) is 31.4 Å². The summed E-state index contributed by atoms with van der Waals surface area (Å²) in [5.74, 6) is 0.212. The predicted molar refractivity (Wildman–Crippen MR) is 141 cm³/mol. The number of imidazole rings is 1. The molecule has 2 saturated heterocycles. The molecule has 6 rings (SSSR count). The van der Waals surface area contributed by atoms with Gasteiger partial charge in [0.2, 0.25) is 5.91 Å². The molecule has 1 unspecified atom stereocenters. The van der Waals surface area contributed by atoms with Crippen LogP contribution in [0.5, 0.6) is 0 Å². The molecular formula is C28H27F4N7O. The van der Waals surface area contributed by atoms with Gasteiger partial charge in [-0.2, -0.15) is 13.2 Å². The Morgan fingerprint density at radius 1 is 1.00 bits per heavy atom. The summed E-state index contributed by atoms with van der Waals surface area (Å²) >= 11 is 0. The molecule has 0 aliphatic carbocycles. The van der Waals surface area contributed by atoms with Crippen molar-refractivity contribution in [3.63, 3.8) is 0 Å². The van der Waals surface area contributed by atoms with Crippen LogP contribution in [0.2, 0.25) is 0 Å². The van der Waals surface area contributed by atoms with Crippen LogP contribution in [0.3, 0.4) is 0 Å². The van der Waals surface area contributed by atoms with Crippen molar-refractivity contribution in [3.05, 3.63) is 72.2 Å². The van der Waals surface area contributed by atoms with E-state index in [9.17, 15) is 22.4 Å². The molecule has 2 fully saturated rings. The number of fused-ring (bicyclic) bond motifs is 1. The Kier molecular flexibility index (Phi) is 6.55. The molecule has 3 aromatic heterocycles. The van der Waals surface area contributed by atoms with Crippen molar-refractivity contribution in [1.29, 1.82) is 0 Å². The minimum absolute atomic E-state index is 0.00989. The third-order valence-corrected chi connectivity index (χ3v) is 7.61. The number of aromatic nitrogens is 4. The molecule has 0 spiro atoms. The monoisotopic (exact) mass is 553 g/mol. The maximum atomic E-state index is 13.9. The number of hydrogen-bond donors (Lipinski definition) is 0. The number of benzene rings is 1. The maximum absolute atomic E-state index is 13.9. The van der Waals surface area contributed by atoms with Gasteiger partial charge in [0, 0.05) is 33.1 Å². The number of amides is 1. The SMILES string of the molecule is CC(=O)N1CCN(c2cccc(-c3cnc4ccc(N5CCC[C@@H]5c5cccc(F)c5)nn34)n2)CC1C(F)(F)F. The number of carbonyl (C=O) groups excluding carboxylic acids is 1. The lowest BCUT2D eigenvalue weighted by Crippen LogP contribution is -2.60. The van der Waals surface area contributed by atoms with Gasteiger partial charge >= 0.3 is 6.18 Å². The van der Waals surface area contributed by atoms with Gasteiger partial charge in [-0.05, 0) is 54.8 Å². The first-order valence-corrected chi connectivity index (χ1v) is 13.1. The molecule has 4 aromatic rings. The van der Waals surface area contributed by atoms with E-state index in [1.807, 2.05) is 18.2 Å². The Morgan fingerprint density at radius 2 is 1.82 bits per heavy atom. The molecule has 0 bridgehead atoms. The Balaban J connectivity index is 1.31. The third kappa shape index (κ3) is 4.82. The molecule has 1 aromatic carbocycles. The van der Waals surface area contributed by atoms with Gasteiger partial charge in [0.15, 0.2) is 5.65 Å². The molecule has 0 radical (unpaired) electrons. The smallest absolute Gasteiger partial charge is 0.352 e. The van der Waals surface area contributed by atoms with Crippen molar-refractivity contribution >= 4 is 23.2 Å². The van der Waals surface area contributed by atoms with E-state index in [1.165, 1.54) is 6.07 Å². The van der Waals surface area contributed by atoms with Crippen molar-refractivity contribution in [3.8, 4) is 11.4 Å². The standard InChI is InChI=1S/C28H27F4N7O/c1-18(40)37-14-13-36(17-24(37)28(30,31)32)26-9-3-7-21(34-26)23-16-33-25-10-11-27(35-39(23)25)38-12-4-8-22(38)19-5-2-6-20(29)15-19/h2-3,5-7,9-11,15-16,22,24H,4,8,12-14,17H2,1H3/t22-,24?/m1/s1. The van der Waals surface area contributed by atoms with Gasteiger partial charge in [-0.25, -0.2) is 18.9 Å². The molecule has 1 amide bonds. The van der Waals surface area contributed by atoms with Crippen molar-refractivity contribution < 1.29 is 22.4 Å². The topological polar surface area (TPSA) is 69.9 Å². The number of nitrogens with zero attached hydrogens (tertiary/aromatic N) is 7. The Bertz CT molecular complexity index is 1560. The largest absolute Gasteiger partial charge is 0.410 e. The number of carbonyl (C=O) groups is 1. The first kappa shape index (κ1) is 26.0. The van der Waals surface area contributed by atoms with E-state index in [0.717, 1.165) is 36.8 Å². The highest BCUT2D eigenvalue weighted by molar-refractivity contribution is 5.74. The van der Waals surface area contributed by atoms with E-state index in [1.54, 1.807) is 45.9 Å². The number of rotatable bonds is 4. The Labute approximate surface area is 227 Å². The summed E-state index contributed by atoms with van der Waals surface area (Å²) in [6, 6.07) is 13.6. The molecule has 208 valence electrons. The quantitative estimate of drug-likeness (QED) is 0.336. The molecule has 0 saturated carbocycles. The van der Waals surface area contributed by atoms with E-state index < -0.39 is 24.7 Å². The highest BCUT2D eigenvalue weighted by Crippen LogP contribution is 2.36. The average molecular weight is 554 g/mol. The second-order valence-electron chi connectivity index (χ2n) is 10.1. The van der Waals surface area contributed by atoms with Gasteiger partial charge in [0.25, 0.3) is 0 Å². The molecule has 12 heteroatoms. The molecule has 8 nitrogen and oxygen atoms in total. The molecule has 2 atom stereocenters. The summed E-state index contributed by atoms with van der Waals surface area (Å²) in [6.07, 6.45) is -1.10. The van der Waals surface area contributed by atoms with Crippen molar-refractivity contribution in [2.24, 2.45) is 0 Å². The lowest BCUT2D eigenvalue weighted by Gasteiger charge is -2.42. The van der Waals surface area contributed by atoms with Crippen LogP contribution in [0, 0.1) is 5.82 Å². The highest BCUT2D eigenvalue weighted by atomic mass is 19.4. The van der Waals surface area contributed by atoms with Crippen LogP contribution < -0.4 is 9.80 Å². The summed E-state index contributed by atoms with van der Waals surface area (Å²) in [6.45, 7) is 1.71. The fraction of sp³-hybridized carbons (Fsp3) is 0.357. The second-order valence-corrected chi connectivity index (χ2v) is 10.1. The molecule has 40 heavy (non-hydrogen) atoms. The summed E-state index contributed by atoms with van der Waals surface area (Å²) < 4.78 is 56.9. The number of piperazine rings is 1. The minimum atomic E-state index is -4.55. The zero-order valence-electron chi connectivity index (χ0n) is 21.7. The third-order valence-electron chi connectivity index (χ3n) is 7.61. The van der Waals surface area contributed by atoms with Crippen molar-refractivity contribution in [1.82, 2.24) is 24.5 Å². The van der Waals surface area contributed by atoms with Crippen LogP contribution >= 0.6 is 0 Å². The van der Waals surface area contributed by atoms with Gasteiger partial charge in [-0.3, -0.25) is 4.79 Å². The molecule has 5 heterocycles. The molecule has 2 aliphatic heterocycles. The first-order valence-electron chi connectivity index (χ1n) is 13.1. The molecular weight excluding hydrogens is 526 g/mol. The number of halogens is 4. The number of hydrogen-bond acceptors (Lipinski definition) is 6. The fourth-order valence-corrected chi connectivity index (χ4v) is 5.68. The molecule has 2 aliphatic rings. The van der Waals surface area contributed by atoms with E-state index >= 15 is 0 Å². The van der Waals surface area contributed by atoms with Gasteiger partial charge in [-0.1, -0.05) is 18.2 Å². The Hall–Kier alpha value is -4.22. The van der Waals surface area contributed by atoms with E-state index in [0.29, 0.717) is 28.7 Å². The minimum Gasteiger partial charge on any atom is -0.352 e. The van der Waals surface area contributed by atoms with Crippen LogP contribution in [0.25, 0.3) is 17.0 Å². The van der Waals surface area contributed by atoms with Crippen LogP contribution in [-0.4, -0.2) is 68.8 Å². The molecule has 0 N–H and O–H groups in total. The normalized spacial score (nSPS) is 20.0. The van der Waals surface area contributed by atoms with Crippen LogP contribution in [0.4, 0.5) is 29.2 Å². The van der Waals surface area contributed by atoms with E-state index in [2.05, 4.69) is 14.9 Å². The second kappa shape index (κ2) is 10.1. The summed E-state index contributed by atoms with van der Waals surface area (Å²) in [5, 5.41) is 4.85. The zero-order valence-corrected chi connectivity index (χ0v) is 21.7. The summed E-state index contributed by atoms with van der Waals surface area (Å²) in [7, 11) is 0. The summed E-state index contributed by atoms with van der Waals surface area (Å²) in [5.41, 5.74) is 2.59. The van der Waals surface area contributed by atoms with Crippen molar-refractivity contribution in [2.45, 2.75) is 38.0 Å². The average Bonchev–Trinajstić information content (AvgIpc) is 3.59. The van der Waals surface area contributed by atoms with Gasteiger partial charge in [0.05, 0.1) is 17.9 Å². The van der Waals surface area contributed by atoms with Gasteiger partial charge < -0.3 is 14.7 Å². The first-order chi connectivity index (χ1) is 19.2. The van der Waals surface area contributed by atoms with Gasteiger partial charge in [0.1, 0.15) is 29.2 Å². The lowest BCUT2D eigenvalue weighted by atomic mass is 10.0. The highest BCUT2D eigenvalue weighted by Gasteiger charge is 2.47.